The number of carbonyl (C=O) groups is 1. The van der Waals surface area contributed by atoms with Crippen LogP contribution in [0, 0.1) is 6.92 Å². The number of ether oxygens (including phenoxy) is 1. The topological polar surface area (TPSA) is 64.4 Å². The second kappa shape index (κ2) is 8.69. The molecule has 3 rings (SSSR count). The van der Waals surface area contributed by atoms with Gasteiger partial charge in [-0.1, -0.05) is 29.4 Å². The van der Waals surface area contributed by atoms with Crippen molar-refractivity contribution in [3.05, 3.63) is 77.2 Å². The summed E-state index contributed by atoms with van der Waals surface area (Å²) in [5, 5.41) is 6.84. The van der Waals surface area contributed by atoms with Crippen LogP contribution in [0.25, 0.3) is 0 Å². The van der Waals surface area contributed by atoms with E-state index in [1.807, 2.05) is 61.5 Å². The lowest BCUT2D eigenvalue weighted by Crippen LogP contribution is -2.13. The number of rotatable bonds is 7. The Kier molecular flexibility index (Phi) is 6.09. The fraction of sp³-hybridized carbons (Fsp3) is 0.200. The third-order valence-corrected chi connectivity index (χ3v) is 4.77. The second-order valence-corrected chi connectivity index (χ2v) is 6.82. The molecule has 26 heavy (non-hydrogen) atoms. The zero-order chi connectivity index (χ0) is 18.4. The molecular formula is C20H20N2O3S. The molecule has 0 spiro atoms. The van der Waals surface area contributed by atoms with E-state index in [0.717, 1.165) is 27.6 Å². The fourth-order valence-corrected chi connectivity index (χ4v) is 3.44. The number of aromatic nitrogens is 1. The minimum atomic E-state index is -0.142. The first-order valence-electron chi connectivity index (χ1n) is 8.19. The number of nitrogens with zero attached hydrogens (tertiary/aromatic N) is 1. The molecule has 0 bridgehead atoms. The van der Waals surface area contributed by atoms with E-state index in [9.17, 15) is 4.79 Å². The van der Waals surface area contributed by atoms with Gasteiger partial charge in [-0.15, -0.1) is 11.8 Å². The highest BCUT2D eigenvalue weighted by atomic mass is 32.2. The Bertz CT molecular complexity index is 892. The van der Waals surface area contributed by atoms with Gasteiger partial charge in [0.1, 0.15) is 5.76 Å². The van der Waals surface area contributed by atoms with Crippen molar-refractivity contribution in [2.45, 2.75) is 24.2 Å². The summed E-state index contributed by atoms with van der Waals surface area (Å²) in [5.41, 5.74) is 3.23. The monoisotopic (exact) mass is 368 g/mol. The van der Waals surface area contributed by atoms with E-state index in [1.54, 1.807) is 18.9 Å². The normalized spacial score (nSPS) is 10.7. The summed E-state index contributed by atoms with van der Waals surface area (Å²) in [4.78, 5) is 13.6. The lowest BCUT2D eigenvalue weighted by molar-refractivity contribution is 0.102. The first kappa shape index (κ1) is 18.2. The minimum Gasteiger partial charge on any atom is -0.380 e. The highest BCUT2D eigenvalue weighted by Crippen LogP contribution is 2.27. The van der Waals surface area contributed by atoms with Crippen molar-refractivity contribution in [2.75, 3.05) is 12.4 Å². The van der Waals surface area contributed by atoms with E-state index < -0.39 is 0 Å². The number of amides is 1. The van der Waals surface area contributed by atoms with E-state index in [4.69, 9.17) is 9.26 Å². The zero-order valence-corrected chi connectivity index (χ0v) is 15.5. The van der Waals surface area contributed by atoms with Crippen LogP contribution >= 0.6 is 11.8 Å². The van der Waals surface area contributed by atoms with Gasteiger partial charge in [-0.05, 0) is 36.8 Å². The van der Waals surface area contributed by atoms with Crippen LogP contribution in [0.15, 0.2) is 64.0 Å². The number of methoxy groups -OCH3 is 1. The molecule has 1 heterocycles. The summed E-state index contributed by atoms with van der Waals surface area (Å²) >= 11 is 1.55. The molecule has 0 unspecified atom stereocenters. The number of nitrogens with one attached hydrogen (secondary N) is 1. The van der Waals surface area contributed by atoms with Crippen LogP contribution in [0.5, 0.6) is 0 Å². The SMILES string of the molecule is COCc1cccc(NC(=O)c2ccccc2SCc2cc(C)no2)c1. The third-order valence-electron chi connectivity index (χ3n) is 3.67. The van der Waals surface area contributed by atoms with Gasteiger partial charge in [0.25, 0.3) is 5.91 Å². The molecule has 3 aromatic rings. The summed E-state index contributed by atoms with van der Waals surface area (Å²) in [5.74, 6) is 1.26. The van der Waals surface area contributed by atoms with Crippen molar-refractivity contribution in [3.8, 4) is 0 Å². The lowest BCUT2D eigenvalue weighted by Gasteiger charge is -2.10. The average molecular weight is 368 g/mol. The van der Waals surface area contributed by atoms with Crippen LogP contribution in [-0.4, -0.2) is 18.2 Å². The largest absolute Gasteiger partial charge is 0.380 e. The highest BCUT2D eigenvalue weighted by molar-refractivity contribution is 7.98. The summed E-state index contributed by atoms with van der Waals surface area (Å²) in [6.45, 7) is 2.39. The fourth-order valence-electron chi connectivity index (χ4n) is 2.52. The molecule has 0 radical (unpaired) electrons. The summed E-state index contributed by atoms with van der Waals surface area (Å²) in [6, 6.07) is 17.1. The Balaban J connectivity index is 1.72. The van der Waals surface area contributed by atoms with E-state index in [0.29, 0.717) is 17.9 Å². The van der Waals surface area contributed by atoms with E-state index in [2.05, 4.69) is 10.5 Å². The molecule has 6 heteroatoms. The summed E-state index contributed by atoms with van der Waals surface area (Å²) in [6.07, 6.45) is 0. The molecule has 2 aromatic carbocycles. The van der Waals surface area contributed by atoms with Gasteiger partial charge in [-0.2, -0.15) is 0 Å². The first-order chi connectivity index (χ1) is 12.7. The molecule has 0 aliphatic carbocycles. The van der Waals surface area contributed by atoms with Gasteiger partial charge < -0.3 is 14.6 Å². The maximum atomic E-state index is 12.7. The second-order valence-electron chi connectivity index (χ2n) is 5.81. The van der Waals surface area contributed by atoms with E-state index >= 15 is 0 Å². The molecule has 5 nitrogen and oxygen atoms in total. The number of hydrogen-bond donors (Lipinski definition) is 1. The summed E-state index contributed by atoms with van der Waals surface area (Å²) in [7, 11) is 1.65. The predicted octanol–water partition coefficient (Wildman–Crippen LogP) is 4.67. The van der Waals surface area contributed by atoms with Gasteiger partial charge in [0.15, 0.2) is 0 Å². The molecule has 0 aliphatic rings. The Hall–Kier alpha value is -2.57. The molecule has 0 saturated carbocycles. The molecule has 1 amide bonds. The van der Waals surface area contributed by atoms with Crippen molar-refractivity contribution < 1.29 is 14.1 Å². The third kappa shape index (κ3) is 4.74. The van der Waals surface area contributed by atoms with Crippen molar-refractivity contribution in [1.29, 1.82) is 0 Å². The van der Waals surface area contributed by atoms with Crippen LogP contribution in [0.3, 0.4) is 0 Å². The summed E-state index contributed by atoms with van der Waals surface area (Å²) < 4.78 is 10.4. The average Bonchev–Trinajstić information content (AvgIpc) is 3.06. The van der Waals surface area contributed by atoms with Gasteiger partial charge >= 0.3 is 0 Å². The number of anilines is 1. The van der Waals surface area contributed by atoms with Crippen molar-refractivity contribution in [1.82, 2.24) is 5.16 Å². The molecule has 0 fully saturated rings. The number of carbonyl (C=O) groups excluding carboxylic acids is 1. The van der Waals surface area contributed by atoms with Crippen molar-refractivity contribution >= 4 is 23.4 Å². The van der Waals surface area contributed by atoms with Crippen LogP contribution in [0.4, 0.5) is 5.69 Å². The maximum absolute atomic E-state index is 12.7. The van der Waals surface area contributed by atoms with Crippen LogP contribution in [0.2, 0.25) is 0 Å². The minimum absolute atomic E-state index is 0.142. The van der Waals surface area contributed by atoms with Gasteiger partial charge in [0, 0.05) is 23.8 Å². The van der Waals surface area contributed by atoms with Gasteiger partial charge in [-0.25, -0.2) is 0 Å². The smallest absolute Gasteiger partial charge is 0.256 e. The Morgan fingerprint density at radius 2 is 2.04 bits per heavy atom. The van der Waals surface area contributed by atoms with Crippen LogP contribution < -0.4 is 5.32 Å². The number of aryl methyl sites for hydroxylation is 1. The molecular weight excluding hydrogens is 348 g/mol. The number of thioether (sulfide) groups is 1. The van der Waals surface area contributed by atoms with Crippen molar-refractivity contribution in [3.63, 3.8) is 0 Å². The lowest BCUT2D eigenvalue weighted by atomic mass is 10.2. The number of benzene rings is 2. The van der Waals surface area contributed by atoms with Gasteiger partial charge in [0.2, 0.25) is 0 Å². The molecule has 1 aromatic heterocycles. The highest BCUT2D eigenvalue weighted by Gasteiger charge is 2.13. The van der Waals surface area contributed by atoms with Gasteiger partial charge in [-0.3, -0.25) is 4.79 Å². The van der Waals surface area contributed by atoms with E-state index in [-0.39, 0.29) is 5.91 Å². The zero-order valence-electron chi connectivity index (χ0n) is 14.7. The van der Waals surface area contributed by atoms with Crippen LogP contribution in [0.1, 0.15) is 27.4 Å². The quantitative estimate of drug-likeness (QED) is 0.614. The Labute approximate surface area is 156 Å². The first-order valence-corrected chi connectivity index (χ1v) is 9.17. The Morgan fingerprint density at radius 1 is 1.19 bits per heavy atom. The van der Waals surface area contributed by atoms with E-state index in [1.165, 1.54) is 0 Å². The molecule has 1 N–H and O–H groups in total. The molecule has 0 saturated heterocycles. The number of hydrogen-bond acceptors (Lipinski definition) is 5. The molecule has 134 valence electrons. The molecule has 0 atom stereocenters. The van der Waals surface area contributed by atoms with Gasteiger partial charge in [0.05, 0.1) is 23.6 Å². The maximum Gasteiger partial charge on any atom is 0.256 e. The van der Waals surface area contributed by atoms with Crippen molar-refractivity contribution in [2.24, 2.45) is 0 Å². The van der Waals surface area contributed by atoms with Crippen LogP contribution in [-0.2, 0) is 17.1 Å². The standard InChI is InChI=1S/C20H20N2O3S/c1-14-10-17(25-22-14)13-26-19-9-4-3-8-18(19)20(23)21-16-7-5-6-15(11-16)12-24-2/h3-11H,12-13H2,1-2H3,(H,21,23). The Morgan fingerprint density at radius 3 is 2.81 bits per heavy atom. The molecule has 0 aliphatic heterocycles. The predicted molar refractivity (Wildman–Crippen MR) is 102 cm³/mol.